The molecule has 0 spiro atoms. The Morgan fingerprint density at radius 1 is 1.29 bits per heavy atom. The smallest absolute Gasteiger partial charge is 0.349 e. The number of carbonyl (C=O) groups is 1. The van der Waals surface area contributed by atoms with Crippen molar-refractivity contribution in [1.29, 1.82) is 0 Å². The lowest BCUT2D eigenvalue weighted by Crippen LogP contribution is -2.39. The Morgan fingerprint density at radius 3 is 2.53 bits per heavy atom. The van der Waals surface area contributed by atoms with Gasteiger partial charge in [-0.3, -0.25) is 0 Å². The SMILES string of the molecule is CCOC(=O)C(C)(C)Oc1cccc(C)c1C. The van der Waals surface area contributed by atoms with Crippen LogP contribution in [0.1, 0.15) is 31.9 Å². The molecule has 0 atom stereocenters. The van der Waals surface area contributed by atoms with Gasteiger partial charge in [0.25, 0.3) is 0 Å². The summed E-state index contributed by atoms with van der Waals surface area (Å²) in [6.07, 6.45) is 0. The minimum absolute atomic E-state index is 0.346. The Kier molecular flexibility index (Phi) is 4.16. The average Bonchev–Trinajstić information content (AvgIpc) is 2.25. The molecule has 1 aromatic carbocycles. The third-order valence-electron chi connectivity index (χ3n) is 2.69. The van der Waals surface area contributed by atoms with E-state index >= 15 is 0 Å². The number of benzene rings is 1. The average molecular weight is 236 g/mol. The van der Waals surface area contributed by atoms with Crippen LogP contribution in [0.25, 0.3) is 0 Å². The summed E-state index contributed by atoms with van der Waals surface area (Å²) >= 11 is 0. The monoisotopic (exact) mass is 236 g/mol. The van der Waals surface area contributed by atoms with Crippen LogP contribution >= 0.6 is 0 Å². The normalized spacial score (nSPS) is 11.1. The maximum absolute atomic E-state index is 11.7. The van der Waals surface area contributed by atoms with E-state index in [0.29, 0.717) is 6.61 Å². The molecular formula is C14H20O3. The summed E-state index contributed by atoms with van der Waals surface area (Å²) in [5.74, 6) is 0.379. The second kappa shape index (κ2) is 5.21. The first-order valence-corrected chi connectivity index (χ1v) is 5.81. The second-order valence-corrected chi connectivity index (χ2v) is 4.53. The molecule has 0 heterocycles. The molecule has 1 aromatic rings. The molecule has 0 aliphatic heterocycles. The number of aryl methyl sites for hydroxylation is 1. The molecule has 0 N–H and O–H groups in total. The number of esters is 1. The minimum atomic E-state index is -0.964. The molecule has 3 heteroatoms. The molecule has 0 fully saturated rings. The van der Waals surface area contributed by atoms with Gasteiger partial charge in [0.2, 0.25) is 0 Å². The lowest BCUT2D eigenvalue weighted by Gasteiger charge is -2.25. The van der Waals surface area contributed by atoms with E-state index in [2.05, 4.69) is 0 Å². The molecule has 94 valence electrons. The summed E-state index contributed by atoms with van der Waals surface area (Å²) in [6.45, 7) is 9.56. The fraction of sp³-hybridized carbons (Fsp3) is 0.500. The van der Waals surface area contributed by atoms with Crippen molar-refractivity contribution in [3.8, 4) is 5.75 Å². The Morgan fingerprint density at radius 2 is 1.94 bits per heavy atom. The van der Waals surface area contributed by atoms with Gasteiger partial charge < -0.3 is 9.47 Å². The van der Waals surface area contributed by atoms with Crippen LogP contribution in [-0.2, 0) is 9.53 Å². The zero-order valence-corrected chi connectivity index (χ0v) is 11.2. The summed E-state index contributed by atoms with van der Waals surface area (Å²) in [5.41, 5.74) is 1.22. The summed E-state index contributed by atoms with van der Waals surface area (Å²) < 4.78 is 10.7. The predicted molar refractivity (Wildman–Crippen MR) is 67.3 cm³/mol. The highest BCUT2D eigenvalue weighted by molar-refractivity contribution is 5.79. The van der Waals surface area contributed by atoms with Crippen molar-refractivity contribution >= 4 is 5.97 Å². The maximum Gasteiger partial charge on any atom is 0.349 e. The quantitative estimate of drug-likeness (QED) is 0.754. The fourth-order valence-electron chi connectivity index (χ4n) is 1.46. The van der Waals surface area contributed by atoms with Crippen LogP contribution in [0.5, 0.6) is 5.75 Å². The van der Waals surface area contributed by atoms with E-state index in [4.69, 9.17) is 9.47 Å². The van der Waals surface area contributed by atoms with Crippen molar-refractivity contribution in [3.63, 3.8) is 0 Å². The van der Waals surface area contributed by atoms with Crippen molar-refractivity contribution in [1.82, 2.24) is 0 Å². The number of rotatable bonds is 4. The molecule has 0 aliphatic rings. The Hall–Kier alpha value is -1.51. The highest BCUT2D eigenvalue weighted by atomic mass is 16.6. The molecular weight excluding hydrogens is 216 g/mol. The molecule has 0 saturated heterocycles. The highest BCUT2D eigenvalue weighted by Crippen LogP contribution is 2.25. The van der Waals surface area contributed by atoms with E-state index in [1.165, 1.54) is 0 Å². The van der Waals surface area contributed by atoms with Crippen LogP contribution in [0, 0.1) is 13.8 Å². The van der Waals surface area contributed by atoms with Gasteiger partial charge in [-0.25, -0.2) is 4.79 Å². The van der Waals surface area contributed by atoms with Crippen molar-refractivity contribution in [2.75, 3.05) is 6.61 Å². The van der Waals surface area contributed by atoms with E-state index in [0.717, 1.165) is 16.9 Å². The molecule has 0 bridgehead atoms. The third kappa shape index (κ3) is 3.22. The van der Waals surface area contributed by atoms with Gasteiger partial charge in [-0.1, -0.05) is 12.1 Å². The molecule has 0 amide bonds. The summed E-state index contributed by atoms with van der Waals surface area (Å²) in [6, 6.07) is 5.79. The first-order valence-electron chi connectivity index (χ1n) is 5.81. The van der Waals surface area contributed by atoms with E-state index in [9.17, 15) is 4.79 Å². The van der Waals surface area contributed by atoms with Crippen molar-refractivity contribution < 1.29 is 14.3 Å². The topological polar surface area (TPSA) is 35.5 Å². The number of carbonyl (C=O) groups excluding carboxylic acids is 1. The summed E-state index contributed by atoms with van der Waals surface area (Å²) in [7, 11) is 0. The summed E-state index contributed by atoms with van der Waals surface area (Å²) in [5, 5.41) is 0. The van der Waals surface area contributed by atoms with Gasteiger partial charge in [0.15, 0.2) is 5.60 Å². The highest BCUT2D eigenvalue weighted by Gasteiger charge is 2.32. The standard InChI is InChI=1S/C14H20O3/c1-6-16-13(15)14(4,5)17-12-9-7-8-10(2)11(12)3/h7-9H,6H2,1-5H3. The zero-order valence-electron chi connectivity index (χ0n) is 11.2. The number of hydrogen-bond donors (Lipinski definition) is 0. The van der Waals surface area contributed by atoms with Crippen molar-refractivity contribution in [2.24, 2.45) is 0 Å². The van der Waals surface area contributed by atoms with Crippen LogP contribution in [0.2, 0.25) is 0 Å². The zero-order chi connectivity index (χ0) is 13.1. The Bertz CT molecular complexity index is 408. The van der Waals surface area contributed by atoms with Crippen LogP contribution < -0.4 is 4.74 Å². The first-order chi connectivity index (χ1) is 7.88. The maximum atomic E-state index is 11.7. The Labute approximate surface area is 103 Å². The van der Waals surface area contributed by atoms with Gasteiger partial charge in [-0.15, -0.1) is 0 Å². The minimum Gasteiger partial charge on any atom is -0.476 e. The largest absolute Gasteiger partial charge is 0.476 e. The first kappa shape index (κ1) is 13.6. The van der Waals surface area contributed by atoms with Gasteiger partial charge in [0.05, 0.1) is 6.61 Å². The molecule has 0 aromatic heterocycles. The van der Waals surface area contributed by atoms with Crippen molar-refractivity contribution in [3.05, 3.63) is 29.3 Å². The molecule has 0 aliphatic carbocycles. The second-order valence-electron chi connectivity index (χ2n) is 4.53. The van der Waals surface area contributed by atoms with Gasteiger partial charge in [0, 0.05) is 0 Å². The molecule has 3 nitrogen and oxygen atoms in total. The van der Waals surface area contributed by atoms with E-state index in [1.54, 1.807) is 20.8 Å². The number of ether oxygens (including phenoxy) is 2. The molecule has 0 saturated carbocycles. The Balaban J connectivity index is 2.90. The lowest BCUT2D eigenvalue weighted by atomic mass is 10.1. The van der Waals surface area contributed by atoms with Gasteiger partial charge in [-0.05, 0) is 51.8 Å². The third-order valence-corrected chi connectivity index (χ3v) is 2.69. The predicted octanol–water partition coefficient (Wildman–Crippen LogP) is 3.02. The van der Waals surface area contributed by atoms with E-state index in [-0.39, 0.29) is 5.97 Å². The van der Waals surface area contributed by atoms with Gasteiger partial charge in [0.1, 0.15) is 5.75 Å². The molecule has 0 radical (unpaired) electrons. The van der Waals surface area contributed by atoms with Crippen LogP contribution in [0.3, 0.4) is 0 Å². The molecule has 1 rings (SSSR count). The summed E-state index contributed by atoms with van der Waals surface area (Å²) in [4.78, 5) is 11.7. The fourth-order valence-corrected chi connectivity index (χ4v) is 1.46. The van der Waals surface area contributed by atoms with E-state index in [1.807, 2.05) is 32.0 Å². The molecule has 0 unspecified atom stereocenters. The van der Waals surface area contributed by atoms with Gasteiger partial charge in [-0.2, -0.15) is 0 Å². The van der Waals surface area contributed by atoms with E-state index < -0.39 is 5.60 Å². The number of hydrogen-bond acceptors (Lipinski definition) is 3. The van der Waals surface area contributed by atoms with Crippen LogP contribution in [-0.4, -0.2) is 18.2 Å². The van der Waals surface area contributed by atoms with Crippen LogP contribution in [0.15, 0.2) is 18.2 Å². The van der Waals surface area contributed by atoms with Crippen molar-refractivity contribution in [2.45, 2.75) is 40.2 Å². The van der Waals surface area contributed by atoms with Crippen LogP contribution in [0.4, 0.5) is 0 Å². The van der Waals surface area contributed by atoms with Gasteiger partial charge >= 0.3 is 5.97 Å². The lowest BCUT2D eigenvalue weighted by molar-refractivity contribution is -0.158. The molecule has 17 heavy (non-hydrogen) atoms.